The van der Waals surface area contributed by atoms with Crippen LogP contribution in [0.5, 0.6) is 0 Å². The van der Waals surface area contributed by atoms with Crippen molar-refractivity contribution in [3.05, 3.63) is 23.5 Å². The minimum absolute atomic E-state index is 0.200. The molecule has 0 bridgehead atoms. The van der Waals surface area contributed by atoms with Crippen LogP contribution < -0.4 is 0 Å². The summed E-state index contributed by atoms with van der Waals surface area (Å²) in [5, 5.41) is 0.200. The second-order valence-corrected chi connectivity index (χ2v) is 3.45. The summed E-state index contributed by atoms with van der Waals surface area (Å²) in [6, 6.07) is 5.77. The first kappa shape index (κ1) is 7.95. The highest BCUT2D eigenvalue weighted by molar-refractivity contribution is 7.98. The molecule has 0 N–H and O–H groups in total. The number of fused-ring (bicyclic) bond motifs is 1. The molecule has 62 valence electrons. The molecule has 2 rings (SSSR count). The van der Waals surface area contributed by atoms with Gasteiger partial charge >= 0.3 is 0 Å². The number of hydrogen-bond acceptors (Lipinski definition) is 3. The summed E-state index contributed by atoms with van der Waals surface area (Å²) in [5.41, 5.74) is 1.59. The Kier molecular flexibility index (Phi) is 1.98. The van der Waals surface area contributed by atoms with Crippen LogP contribution >= 0.6 is 23.4 Å². The molecule has 12 heavy (non-hydrogen) atoms. The molecule has 4 heteroatoms. The highest BCUT2D eigenvalue weighted by atomic mass is 35.5. The Balaban J connectivity index is 2.78. The number of nitrogens with zero attached hydrogens (tertiary/aromatic N) is 1. The summed E-state index contributed by atoms with van der Waals surface area (Å²) in [4.78, 5) is 5.15. The van der Waals surface area contributed by atoms with Crippen molar-refractivity contribution in [2.75, 3.05) is 6.26 Å². The van der Waals surface area contributed by atoms with E-state index in [1.807, 2.05) is 24.5 Å². The van der Waals surface area contributed by atoms with Gasteiger partial charge in [0.15, 0.2) is 5.58 Å². The zero-order valence-corrected chi connectivity index (χ0v) is 7.95. The van der Waals surface area contributed by atoms with E-state index in [9.17, 15) is 0 Å². The molecular weight excluding hydrogens is 194 g/mol. The first-order valence-corrected chi connectivity index (χ1v) is 5.00. The van der Waals surface area contributed by atoms with Gasteiger partial charge in [-0.25, -0.2) is 0 Å². The molecule has 1 aromatic heterocycles. The lowest BCUT2D eigenvalue weighted by atomic mass is 10.3. The lowest BCUT2D eigenvalue weighted by Crippen LogP contribution is -1.72. The Morgan fingerprint density at radius 3 is 3.08 bits per heavy atom. The number of halogens is 1. The van der Waals surface area contributed by atoms with Gasteiger partial charge in [0.25, 0.3) is 5.35 Å². The molecule has 1 heterocycles. The third-order valence-electron chi connectivity index (χ3n) is 1.58. The van der Waals surface area contributed by atoms with E-state index in [1.165, 1.54) is 0 Å². The van der Waals surface area contributed by atoms with Gasteiger partial charge in [-0.3, -0.25) is 0 Å². The number of oxazole rings is 1. The number of para-hydroxylation sites is 1. The number of benzene rings is 1. The summed E-state index contributed by atoms with van der Waals surface area (Å²) in [5.74, 6) is 0. The van der Waals surface area contributed by atoms with Gasteiger partial charge in [0.1, 0.15) is 5.52 Å². The SMILES string of the molecule is CSc1cccc2oc(Cl)nc12. The molecule has 0 spiro atoms. The van der Waals surface area contributed by atoms with E-state index in [2.05, 4.69) is 4.98 Å². The minimum Gasteiger partial charge on any atom is -0.428 e. The Morgan fingerprint density at radius 2 is 2.33 bits per heavy atom. The Bertz CT molecular complexity index is 412. The standard InChI is InChI=1S/C8H6ClNOS/c1-12-6-4-2-3-5-7(6)10-8(9)11-5/h2-4H,1H3. The quantitative estimate of drug-likeness (QED) is 0.660. The molecule has 0 amide bonds. The topological polar surface area (TPSA) is 26.0 Å². The summed E-state index contributed by atoms with van der Waals surface area (Å²) in [6.07, 6.45) is 2.00. The van der Waals surface area contributed by atoms with Gasteiger partial charge in [-0.15, -0.1) is 11.8 Å². The lowest BCUT2D eigenvalue weighted by molar-refractivity contribution is 0.604. The molecule has 0 aliphatic carbocycles. The largest absolute Gasteiger partial charge is 0.428 e. The van der Waals surface area contributed by atoms with E-state index in [-0.39, 0.29) is 5.35 Å². The van der Waals surface area contributed by atoms with E-state index in [1.54, 1.807) is 11.8 Å². The number of hydrogen-bond donors (Lipinski definition) is 0. The number of aromatic nitrogens is 1. The summed E-state index contributed by atoms with van der Waals surface area (Å²) < 4.78 is 5.15. The van der Waals surface area contributed by atoms with E-state index in [4.69, 9.17) is 16.0 Å². The van der Waals surface area contributed by atoms with Crippen LogP contribution in [0, 0.1) is 0 Å². The fourth-order valence-electron chi connectivity index (χ4n) is 1.06. The third-order valence-corrected chi connectivity index (χ3v) is 2.51. The van der Waals surface area contributed by atoms with Crippen molar-refractivity contribution in [1.82, 2.24) is 4.98 Å². The second-order valence-electron chi connectivity index (χ2n) is 2.27. The fraction of sp³-hybridized carbons (Fsp3) is 0.125. The number of rotatable bonds is 1. The van der Waals surface area contributed by atoms with Crippen LogP contribution in [0.15, 0.2) is 27.5 Å². The molecule has 0 radical (unpaired) electrons. The van der Waals surface area contributed by atoms with Crippen LogP contribution in [0.3, 0.4) is 0 Å². The first-order chi connectivity index (χ1) is 5.81. The summed E-state index contributed by atoms with van der Waals surface area (Å²) >= 11 is 7.26. The molecule has 0 aliphatic heterocycles. The highest BCUT2D eigenvalue weighted by Crippen LogP contribution is 2.27. The van der Waals surface area contributed by atoms with Crippen molar-refractivity contribution in [3.63, 3.8) is 0 Å². The van der Waals surface area contributed by atoms with Crippen LogP contribution in [-0.2, 0) is 0 Å². The summed E-state index contributed by atoms with van der Waals surface area (Å²) in [6.45, 7) is 0. The smallest absolute Gasteiger partial charge is 0.293 e. The molecule has 0 fully saturated rings. The van der Waals surface area contributed by atoms with Gasteiger partial charge in [0.05, 0.1) is 0 Å². The van der Waals surface area contributed by atoms with Gasteiger partial charge in [0.2, 0.25) is 0 Å². The average molecular weight is 200 g/mol. The van der Waals surface area contributed by atoms with E-state index >= 15 is 0 Å². The zero-order chi connectivity index (χ0) is 8.55. The molecule has 0 unspecified atom stereocenters. The van der Waals surface area contributed by atoms with Crippen LogP contribution in [0.25, 0.3) is 11.1 Å². The van der Waals surface area contributed by atoms with Crippen molar-refractivity contribution in [1.29, 1.82) is 0 Å². The maximum atomic E-state index is 5.62. The van der Waals surface area contributed by atoms with Crippen molar-refractivity contribution in [2.24, 2.45) is 0 Å². The lowest BCUT2D eigenvalue weighted by Gasteiger charge is -1.93. The van der Waals surface area contributed by atoms with Crippen LogP contribution in [-0.4, -0.2) is 11.2 Å². The van der Waals surface area contributed by atoms with Gasteiger partial charge < -0.3 is 4.42 Å². The maximum absolute atomic E-state index is 5.62. The van der Waals surface area contributed by atoms with Gasteiger partial charge in [-0.2, -0.15) is 4.98 Å². The monoisotopic (exact) mass is 199 g/mol. The third kappa shape index (κ3) is 1.19. The molecule has 0 atom stereocenters. The Hall–Kier alpha value is -0.670. The Morgan fingerprint density at radius 1 is 1.50 bits per heavy atom. The van der Waals surface area contributed by atoms with Gasteiger partial charge in [0, 0.05) is 4.90 Å². The second kappa shape index (κ2) is 2.99. The summed E-state index contributed by atoms with van der Waals surface area (Å²) in [7, 11) is 0. The van der Waals surface area contributed by atoms with Crippen LogP contribution in [0.1, 0.15) is 0 Å². The molecule has 1 aromatic carbocycles. The molecule has 2 nitrogen and oxygen atoms in total. The van der Waals surface area contributed by atoms with Gasteiger partial charge in [-0.1, -0.05) is 6.07 Å². The van der Waals surface area contributed by atoms with Crippen molar-refractivity contribution in [3.8, 4) is 0 Å². The molecule has 2 aromatic rings. The maximum Gasteiger partial charge on any atom is 0.293 e. The first-order valence-electron chi connectivity index (χ1n) is 3.40. The van der Waals surface area contributed by atoms with Crippen LogP contribution in [0.2, 0.25) is 5.35 Å². The van der Waals surface area contributed by atoms with E-state index < -0.39 is 0 Å². The number of thioether (sulfide) groups is 1. The van der Waals surface area contributed by atoms with Crippen LogP contribution in [0.4, 0.5) is 0 Å². The van der Waals surface area contributed by atoms with E-state index in [0.29, 0.717) is 0 Å². The van der Waals surface area contributed by atoms with Crippen molar-refractivity contribution >= 4 is 34.5 Å². The predicted molar refractivity (Wildman–Crippen MR) is 50.8 cm³/mol. The minimum atomic E-state index is 0.200. The Labute approximate surface area is 78.9 Å². The predicted octanol–water partition coefficient (Wildman–Crippen LogP) is 3.20. The molecule has 0 saturated carbocycles. The van der Waals surface area contributed by atoms with Crippen molar-refractivity contribution < 1.29 is 4.42 Å². The highest BCUT2D eigenvalue weighted by Gasteiger charge is 2.06. The average Bonchev–Trinajstić information content (AvgIpc) is 2.44. The zero-order valence-electron chi connectivity index (χ0n) is 6.37. The molecular formula is C8H6ClNOS. The molecule has 0 saturated heterocycles. The van der Waals surface area contributed by atoms with Gasteiger partial charge in [-0.05, 0) is 30.0 Å². The fourth-order valence-corrected chi connectivity index (χ4v) is 1.78. The normalized spacial score (nSPS) is 10.8. The molecule has 0 aliphatic rings. The van der Waals surface area contributed by atoms with E-state index in [0.717, 1.165) is 16.0 Å². The van der Waals surface area contributed by atoms with Crippen molar-refractivity contribution in [2.45, 2.75) is 4.90 Å².